The van der Waals surface area contributed by atoms with E-state index in [2.05, 4.69) is 10.6 Å². The van der Waals surface area contributed by atoms with E-state index in [1.165, 1.54) is 0 Å². The smallest absolute Gasteiger partial charge is 0.251 e. The van der Waals surface area contributed by atoms with Crippen molar-refractivity contribution in [3.05, 3.63) is 77.9 Å². The lowest BCUT2D eigenvalue weighted by molar-refractivity contribution is -0.0499. The zero-order valence-electron chi connectivity index (χ0n) is 26.2. The van der Waals surface area contributed by atoms with Gasteiger partial charge < -0.3 is 45.4 Å². The second-order valence-corrected chi connectivity index (χ2v) is 11.6. The summed E-state index contributed by atoms with van der Waals surface area (Å²) in [6.45, 7) is 1.60. The minimum absolute atomic E-state index is 0.0760. The van der Waals surface area contributed by atoms with E-state index in [0.717, 1.165) is 23.2 Å². The number of imidazole rings is 1. The van der Waals surface area contributed by atoms with E-state index >= 15 is 0 Å². The van der Waals surface area contributed by atoms with E-state index in [9.17, 15) is 25.2 Å². The van der Waals surface area contributed by atoms with Crippen molar-refractivity contribution in [3.63, 3.8) is 0 Å². The van der Waals surface area contributed by atoms with Gasteiger partial charge in [0.2, 0.25) is 5.95 Å². The number of ether oxygens (including phenoxy) is 2. The van der Waals surface area contributed by atoms with E-state index in [0.29, 0.717) is 60.8 Å². The number of rotatable bonds is 15. The summed E-state index contributed by atoms with van der Waals surface area (Å²) < 4.78 is 13.8. The predicted octanol–water partition coefficient (Wildman–Crippen LogP) is 2.37. The summed E-state index contributed by atoms with van der Waals surface area (Å²) >= 11 is 0. The third-order valence-electron chi connectivity index (χ3n) is 7.98. The number of carbonyl (C=O) groups excluding carboxylic acids is 1. The Morgan fingerprint density at radius 3 is 2.54 bits per heavy atom. The van der Waals surface area contributed by atoms with Gasteiger partial charge in [-0.3, -0.25) is 9.36 Å². The van der Waals surface area contributed by atoms with Crippen LogP contribution in [-0.2, 0) is 11.3 Å². The Hall–Kier alpha value is -4.04. The molecule has 246 valence electrons. The Morgan fingerprint density at radius 2 is 1.78 bits per heavy atom. The lowest BCUT2D eigenvalue weighted by Gasteiger charge is -2.20. The molecule has 0 aliphatic carbocycles. The molecule has 1 aromatic heterocycles. The van der Waals surface area contributed by atoms with Crippen molar-refractivity contribution in [3.8, 4) is 16.9 Å². The van der Waals surface area contributed by atoms with Gasteiger partial charge in [-0.05, 0) is 62.3 Å². The molecule has 1 aliphatic rings. The second-order valence-electron chi connectivity index (χ2n) is 11.6. The third-order valence-corrected chi connectivity index (χ3v) is 7.98. The molecule has 3 aromatic carbocycles. The van der Waals surface area contributed by atoms with Crippen LogP contribution in [0, 0.1) is 0 Å². The quantitative estimate of drug-likeness (QED) is 0.107. The van der Waals surface area contributed by atoms with Gasteiger partial charge in [0.1, 0.15) is 24.1 Å². The number of aliphatic hydroxyl groups is 4. The number of aromatic nitrogens is 2. The van der Waals surface area contributed by atoms with Crippen LogP contribution in [0.2, 0.25) is 0 Å². The molecule has 0 saturated carbocycles. The highest BCUT2D eigenvalue weighted by atomic mass is 16.6. The molecular weight excluding hydrogens is 590 g/mol. The van der Waals surface area contributed by atoms with E-state index in [-0.39, 0.29) is 12.5 Å². The van der Waals surface area contributed by atoms with Crippen LogP contribution in [0.5, 0.6) is 5.75 Å². The topological polar surface area (TPSA) is 162 Å². The molecule has 0 unspecified atom stereocenters. The van der Waals surface area contributed by atoms with Gasteiger partial charge >= 0.3 is 0 Å². The minimum Gasteiger partial charge on any atom is -0.493 e. The minimum atomic E-state index is -1.27. The maximum absolute atomic E-state index is 13.2. The predicted molar refractivity (Wildman–Crippen MR) is 175 cm³/mol. The summed E-state index contributed by atoms with van der Waals surface area (Å²) in [5.74, 6) is 0.853. The number of nitrogens with one attached hydrogen (secondary N) is 2. The molecule has 1 fully saturated rings. The van der Waals surface area contributed by atoms with Crippen LogP contribution in [0.3, 0.4) is 0 Å². The monoisotopic (exact) mass is 633 g/mol. The maximum Gasteiger partial charge on any atom is 0.251 e. The van der Waals surface area contributed by atoms with Crippen LogP contribution in [0.1, 0.15) is 35.0 Å². The standard InChI is InChI=1S/C34H43N5O7/c1-38(2)16-15-35-32(44)25-10-4-3-9-23(25)24-14-13-22(19-28(24)45-18-8-7-17-40)20-36-34-37-26-11-5-6-12-27(26)39(34)33-31(43)30(42)29(21-41)46-33/h3-6,9-14,19,29-31,33,40-43H,7-8,15-18,20-21H2,1-2H3,(H,35,44)(H,36,37)/t29-,30-,31-,33-/m1/s1. The first-order chi connectivity index (χ1) is 22.3. The summed E-state index contributed by atoms with van der Waals surface area (Å²) in [6.07, 6.45) is -3.13. The fourth-order valence-electron chi connectivity index (χ4n) is 5.52. The molecule has 0 radical (unpaired) electrons. The number of unbranched alkanes of at least 4 members (excludes halogenated alkanes) is 1. The zero-order chi connectivity index (χ0) is 32.6. The number of aliphatic hydroxyl groups excluding tert-OH is 4. The molecule has 4 aromatic rings. The fourth-order valence-corrected chi connectivity index (χ4v) is 5.52. The summed E-state index contributed by atoms with van der Waals surface area (Å²) in [7, 11) is 3.91. The average molecular weight is 634 g/mol. The molecular formula is C34H43N5O7. The first-order valence-corrected chi connectivity index (χ1v) is 15.5. The molecule has 12 heteroatoms. The Balaban J connectivity index is 1.43. The second kappa shape index (κ2) is 15.5. The number of benzene rings is 3. The van der Waals surface area contributed by atoms with Crippen LogP contribution < -0.4 is 15.4 Å². The van der Waals surface area contributed by atoms with Crippen molar-refractivity contribution >= 4 is 22.9 Å². The molecule has 1 amide bonds. The Kier molecular flexibility index (Phi) is 11.2. The Bertz CT molecular complexity index is 1610. The molecule has 4 atom stereocenters. The van der Waals surface area contributed by atoms with Crippen LogP contribution in [0.4, 0.5) is 5.95 Å². The van der Waals surface area contributed by atoms with Crippen molar-refractivity contribution < 1.29 is 34.7 Å². The first kappa shape index (κ1) is 33.3. The summed E-state index contributed by atoms with van der Waals surface area (Å²) in [5, 5.41) is 46.5. The molecule has 46 heavy (non-hydrogen) atoms. The number of anilines is 1. The third kappa shape index (κ3) is 7.49. The van der Waals surface area contributed by atoms with E-state index < -0.39 is 31.1 Å². The molecule has 5 rings (SSSR count). The van der Waals surface area contributed by atoms with Gasteiger partial charge in [0.15, 0.2) is 6.23 Å². The number of hydrogen-bond acceptors (Lipinski definition) is 10. The molecule has 1 saturated heterocycles. The van der Waals surface area contributed by atoms with Crippen LogP contribution >= 0.6 is 0 Å². The van der Waals surface area contributed by atoms with Crippen molar-refractivity contribution in [1.29, 1.82) is 0 Å². The largest absolute Gasteiger partial charge is 0.493 e. The molecule has 6 N–H and O–H groups in total. The van der Waals surface area contributed by atoms with Gasteiger partial charge in [0.25, 0.3) is 5.91 Å². The van der Waals surface area contributed by atoms with Crippen molar-refractivity contribution in [2.24, 2.45) is 0 Å². The molecule has 0 bridgehead atoms. The normalized spacial score (nSPS) is 19.5. The highest BCUT2D eigenvalue weighted by Gasteiger charge is 2.44. The summed E-state index contributed by atoms with van der Waals surface area (Å²) in [6, 6.07) is 20.6. The van der Waals surface area contributed by atoms with E-state index in [1.807, 2.05) is 79.7 Å². The zero-order valence-corrected chi connectivity index (χ0v) is 26.2. The summed E-state index contributed by atoms with van der Waals surface area (Å²) in [5.41, 5.74) is 4.29. The number of carbonyl (C=O) groups is 1. The summed E-state index contributed by atoms with van der Waals surface area (Å²) in [4.78, 5) is 19.9. The number of fused-ring (bicyclic) bond motifs is 1. The highest BCUT2D eigenvalue weighted by Crippen LogP contribution is 2.36. The highest BCUT2D eigenvalue weighted by molar-refractivity contribution is 6.01. The van der Waals surface area contributed by atoms with Crippen molar-refractivity contribution in [2.75, 3.05) is 52.3 Å². The Labute approximate surface area is 268 Å². The van der Waals surface area contributed by atoms with Gasteiger partial charge in [0.05, 0.1) is 24.2 Å². The van der Waals surface area contributed by atoms with Gasteiger partial charge in [-0.1, -0.05) is 42.5 Å². The average Bonchev–Trinajstić information content (AvgIpc) is 3.57. The maximum atomic E-state index is 13.2. The molecule has 0 spiro atoms. The van der Waals surface area contributed by atoms with Crippen LogP contribution in [0.25, 0.3) is 22.2 Å². The lowest BCUT2D eigenvalue weighted by atomic mass is 9.97. The van der Waals surface area contributed by atoms with Gasteiger partial charge in [0, 0.05) is 37.4 Å². The Morgan fingerprint density at radius 1 is 1.00 bits per heavy atom. The van der Waals surface area contributed by atoms with Gasteiger partial charge in [-0.15, -0.1) is 0 Å². The van der Waals surface area contributed by atoms with Crippen molar-refractivity contribution in [2.45, 2.75) is 43.9 Å². The van der Waals surface area contributed by atoms with E-state index in [4.69, 9.17) is 14.5 Å². The first-order valence-electron chi connectivity index (χ1n) is 15.5. The SMILES string of the molecule is CN(C)CCNC(=O)c1ccccc1-c1ccc(CNc2nc3ccccc3n2[C@@H]2O[C@H](CO)[C@@H](O)[C@H]2O)cc1OCCCCO. The molecule has 2 heterocycles. The number of likely N-dealkylation sites (N-methyl/N-ethyl adjacent to an activating group) is 1. The van der Waals surface area contributed by atoms with Crippen LogP contribution in [0.15, 0.2) is 66.7 Å². The van der Waals surface area contributed by atoms with Gasteiger partial charge in [-0.25, -0.2) is 4.98 Å². The van der Waals surface area contributed by atoms with E-state index in [1.54, 1.807) is 10.6 Å². The number of para-hydroxylation sites is 2. The van der Waals surface area contributed by atoms with Crippen molar-refractivity contribution in [1.82, 2.24) is 19.8 Å². The fraction of sp³-hybridized carbons (Fsp3) is 0.412. The lowest BCUT2D eigenvalue weighted by Crippen LogP contribution is -2.33. The number of amides is 1. The number of nitrogens with zero attached hydrogens (tertiary/aromatic N) is 3. The molecule has 1 aliphatic heterocycles. The molecule has 12 nitrogen and oxygen atoms in total. The van der Waals surface area contributed by atoms with Crippen LogP contribution in [-0.4, -0.2) is 106 Å². The van der Waals surface area contributed by atoms with Gasteiger partial charge in [-0.2, -0.15) is 0 Å². The number of hydrogen-bond donors (Lipinski definition) is 6.